The van der Waals surface area contributed by atoms with Crippen LogP contribution in [0.3, 0.4) is 0 Å². The Morgan fingerprint density at radius 1 is 1.14 bits per heavy atom. The van der Waals surface area contributed by atoms with Gasteiger partial charge in [0.1, 0.15) is 0 Å². The van der Waals surface area contributed by atoms with E-state index in [9.17, 15) is 0 Å². The minimum atomic E-state index is 0. The van der Waals surface area contributed by atoms with Crippen LogP contribution in [-0.4, -0.2) is 12.6 Å². The van der Waals surface area contributed by atoms with Crippen LogP contribution in [0.1, 0.15) is 41.5 Å². The van der Waals surface area contributed by atoms with E-state index in [1.807, 2.05) is 6.08 Å². The van der Waals surface area contributed by atoms with Gasteiger partial charge in [0, 0.05) is 23.9 Å². The molecule has 0 radical (unpaired) electrons. The fourth-order valence-electron chi connectivity index (χ4n) is 4.57. The lowest BCUT2D eigenvalue weighted by molar-refractivity contribution is 0.382. The Bertz CT molecular complexity index is 659. The van der Waals surface area contributed by atoms with Gasteiger partial charge in [-0.25, -0.2) is 0 Å². The van der Waals surface area contributed by atoms with Gasteiger partial charge in [-0.15, -0.1) is 19.0 Å². The summed E-state index contributed by atoms with van der Waals surface area (Å²) < 4.78 is 0. The Morgan fingerprint density at radius 3 is 2.23 bits per heavy atom. The van der Waals surface area contributed by atoms with E-state index in [2.05, 4.69) is 67.4 Å². The lowest BCUT2D eigenvalue weighted by Gasteiger charge is -2.37. The molecular formula is C20H22ClN. The lowest BCUT2D eigenvalue weighted by atomic mass is 9.70. The van der Waals surface area contributed by atoms with Crippen molar-refractivity contribution in [1.82, 2.24) is 5.32 Å². The largest absolute Gasteiger partial charge is 0.310 e. The SMILES string of the molecule is C=CCNC(C)C12CC(c3ccccc31)c1ccccc12.Cl. The summed E-state index contributed by atoms with van der Waals surface area (Å²) in [4.78, 5) is 0. The molecule has 4 rings (SSSR count). The Hall–Kier alpha value is -1.57. The third kappa shape index (κ3) is 1.82. The molecule has 0 aromatic heterocycles. The van der Waals surface area contributed by atoms with Gasteiger partial charge in [0.2, 0.25) is 0 Å². The van der Waals surface area contributed by atoms with Gasteiger partial charge in [-0.1, -0.05) is 54.6 Å². The predicted octanol–water partition coefficient (Wildman–Crippen LogP) is 4.41. The highest BCUT2D eigenvalue weighted by Crippen LogP contribution is 2.61. The zero-order valence-corrected chi connectivity index (χ0v) is 13.7. The van der Waals surface area contributed by atoms with Crippen LogP contribution >= 0.6 is 12.4 Å². The van der Waals surface area contributed by atoms with Gasteiger partial charge in [0.25, 0.3) is 0 Å². The van der Waals surface area contributed by atoms with Crippen LogP contribution in [0.15, 0.2) is 61.2 Å². The molecule has 2 heteroatoms. The van der Waals surface area contributed by atoms with Crippen molar-refractivity contribution in [2.45, 2.75) is 30.7 Å². The molecule has 2 bridgehead atoms. The van der Waals surface area contributed by atoms with Gasteiger partial charge in [-0.05, 0) is 35.6 Å². The van der Waals surface area contributed by atoms with E-state index in [0.717, 1.165) is 6.54 Å². The Morgan fingerprint density at radius 2 is 1.68 bits per heavy atom. The van der Waals surface area contributed by atoms with Crippen LogP contribution in [0.4, 0.5) is 0 Å². The molecule has 2 aliphatic carbocycles. The maximum absolute atomic E-state index is 3.84. The van der Waals surface area contributed by atoms with Gasteiger partial charge in [0.05, 0.1) is 0 Å². The molecule has 1 N–H and O–H groups in total. The molecule has 1 nitrogen and oxygen atoms in total. The molecule has 1 atom stereocenters. The Kier molecular flexibility index (Phi) is 3.88. The molecule has 1 unspecified atom stereocenters. The number of halogens is 1. The maximum Gasteiger partial charge on any atom is 0.0368 e. The van der Waals surface area contributed by atoms with Gasteiger partial charge < -0.3 is 5.32 Å². The van der Waals surface area contributed by atoms with E-state index in [1.54, 1.807) is 0 Å². The smallest absolute Gasteiger partial charge is 0.0368 e. The molecule has 0 fully saturated rings. The van der Waals surface area contributed by atoms with Gasteiger partial charge in [-0.2, -0.15) is 0 Å². The molecule has 0 saturated carbocycles. The van der Waals surface area contributed by atoms with Crippen LogP contribution in [0.5, 0.6) is 0 Å². The molecule has 2 aromatic carbocycles. The van der Waals surface area contributed by atoms with Crippen LogP contribution in [-0.2, 0) is 5.41 Å². The molecular weight excluding hydrogens is 290 g/mol. The van der Waals surface area contributed by atoms with Gasteiger partial charge >= 0.3 is 0 Å². The molecule has 22 heavy (non-hydrogen) atoms. The first-order valence-corrected chi connectivity index (χ1v) is 7.82. The molecule has 2 aromatic rings. The van der Waals surface area contributed by atoms with Gasteiger partial charge in [0.15, 0.2) is 0 Å². The first-order valence-electron chi connectivity index (χ1n) is 7.82. The topological polar surface area (TPSA) is 12.0 Å². The number of rotatable bonds is 4. The van der Waals surface area contributed by atoms with Crippen molar-refractivity contribution in [2.75, 3.05) is 6.54 Å². The second kappa shape index (κ2) is 5.57. The number of fused-ring (bicyclic) bond motifs is 8. The molecule has 114 valence electrons. The van der Waals surface area contributed by atoms with Gasteiger partial charge in [-0.3, -0.25) is 0 Å². The zero-order valence-electron chi connectivity index (χ0n) is 12.9. The summed E-state index contributed by atoms with van der Waals surface area (Å²) in [5.41, 5.74) is 6.24. The normalized spacial score (nSPS) is 25.0. The Labute approximate surface area is 138 Å². The summed E-state index contributed by atoms with van der Waals surface area (Å²) in [7, 11) is 0. The third-order valence-electron chi connectivity index (χ3n) is 5.47. The maximum atomic E-state index is 3.84. The van der Waals surface area contributed by atoms with Crippen molar-refractivity contribution in [2.24, 2.45) is 0 Å². The highest BCUT2D eigenvalue weighted by atomic mass is 35.5. The van der Waals surface area contributed by atoms with Crippen LogP contribution in [0, 0.1) is 0 Å². The number of hydrogen-bond acceptors (Lipinski definition) is 1. The van der Waals surface area contributed by atoms with E-state index < -0.39 is 0 Å². The molecule has 2 aliphatic rings. The average Bonchev–Trinajstić information content (AvgIpc) is 3.06. The first kappa shape index (κ1) is 15.3. The lowest BCUT2D eigenvalue weighted by Crippen LogP contribution is -2.45. The van der Waals surface area contributed by atoms with E-state index in [0.29, 0.717) is 12.0 Å². The number of benzene rings is 2. The standard InChI is InChI=1S/C20H21N.ClH/c1-3-12-21-14(2)20-13-17(15-8-4-6-10-18(15)20)16-9-5-7-11-19(16)20;/h3-11,14,17,21H,1,12-13H2,2H3;1H. The van der Waals surface area contributed by atoms with Crippen LogP contribution in [0.2, 0.25) is 0 Å². The average molecular weight is 312 g/mol. The minimum Gasteiger partial charge on any atom is -0.310 e. The molecule has 0 heterocycles. The highest BCUT2D eigenvalue weighted by Gasteiger charge is 2.54. The predicted molar refractivity (Wildman–Crippen MR) is 95.0 cm³/mol. The summed E-state index contributed by atoms with van der Waals surface area (Å²) in [5.74, 6) is 0.574. The first-order chi connectivity index (χ1) is 10.3. The monoisotopic (exact) mass is 311 g/mol. The quantitative estimate of drug-likeness (QED) is 0.825. The number of nitrogens with one attached hydrogen (secondary N) is 1. The molecule has 0 amide bonds. The summed E-state index contributed by atoms with van der Waals surface area (Å²) >= 11 is 0. The number of hydrogen-bond donors (Lipinski definition) is 1. The van der Waals surface area contributed by atoms with Crippen molar-refractivity contribution in [1.29, 1.82) is 0 Å². The summed E-state index contributed by atoms with van der Waals surface area (Å²) in [5, 5.41) is 3.66. The molecule has 0 spiro atoms. The fraction of sp³-hybridized carbons (Fsp3) is 0.300. The van der Waals surface area contributed by atoms with Crippen molar-refractivity contribution in [3.8, 4) is 0 Å². The molecule has 0 aliphatic heterocycles. The highest BCUT2D eigenvalue weighted by molar-refractivity contribution is 5.85. The van der Waals surface area contributed by atoms with E-state index in [1.165, 1.54) is 28.7 Å². The van der Waals surface area contributed by atoms with E-state index in [4.69, 9.17) is 0 Å². The van der Waals surface area contributed by atoms with E-state index in [-0.39, 0.29) is 17.8 Å². The van der Waals surface area contributed by atoms with E-state index >= 15 is 0 Å². The van der Waals surface area contributed by atoms with Crippen LogP contribution < -0.4 is 5.32 Å². The fourth-order valence-corrected chi connectivity index (χ4v) is 4.57. The summed E-state index contributed by atoms with van der Waals surface area (Å²) in [6.45, 7) is 7.03. The summed E-state index contributed by atoms with van der Waals surface area (Å²) in [6.07, 6.45) is 3.16. The van der Waals surface area contributed by atoms with Crippen molar-refractivity contribution in [3.05, 3.63) is 83.4 Å². The minimum absolute atomic E-state index is 0. The Balaban J connectivity index is 0.00000144. The second-order valence-electron chi connectivity index (χ2n) is 6.32. The van der Waals surface area contributed by atoms with Crippen LogP contribution in [0.25, 0.3) is 0 Å². The van der Waals surface area contributed by atoms with Crippen molar-refractivity contribution in [3.63, 3.8) is 0 Å². The molecule has 0 saturated heterocycles. The van der Waals surface area contributed by atoms with Crippen molar-refractivity contribution < 1.29 is 0 Å². The second-order valence-corrected chi connectivity index (χ2v) is 6.32. The zero-order chi connectivity index (χ0) is 14.4. The third-order valence-corrected chi connectivity index (χ3v) is 5.47. The van der Waals surface area contributed by atoms with Crippen molar-refractivity contribution >= 4 is 12.4 Å². The summed E-state index contributed by atoms with van der Waals surface area (Å²) in [6, 6.07) is 18.4.